The zero-order valence-corrected chi connectivity index (χ0v) is 10.7. The molecule has 1 radical (unpaired) electrons. The molecule has 3 aromatic rings. The van der Waals surface area contributed by atoms with Crippen LogP contribution in [0.15, 0.2) is 91.0 Å². The van der Waals surface area contributed by atoms with E-state index in [9.17, 15) is 0 Å². The van der Waals surface area contributed by atoms with E-state index in [0.29, 0.717) is 0 Å². The van der Waals surface area contributed by atoms with Gasteiger partial charge in [-0.2, -0.15) is 0 Å². The molecule has 0 heterocycles. The van der Waals surface area contributed by atoms with E-state index < -0.39 is 0 Å². The molecule has 0 amide bonds. The van der Waals surface area contributed by atoms with Crippen LogP contribution in [-0.2, 0) is 0 Å². The van der Waals surface area contributed by atoms with Crippen molar-refractivity contribution >= 4 is 0 Å². The van der Waals surface area contributed by atoms with Gasteiger partial charge in [0.1, 0.15) is 0 Å². The fourth-order valence-electron chi connectivity index (χ4n) is 2.31. The highest BCUT2D eigenvalue weighted by atomic mass is 14.2. The maximum absolute atomic E-state index is 2.16. The van der Waals surface area contributed by atoms with Crippen LogP contribution >= 0.6 is 0 Å². The Balaban J connectivity index is 2.12. The summed E-state index contributed by atoms with van der Waals surface area (Å²) in [4.78, 5) is 0. The predicted octanol–water partition coefficient (Wildman–Crippen LogP) is 4.71. The van der Waals surface area contributed by atoms with Gasteiger partial charge in [-0.25, -0.2) is 0 Å². The Bertz CT molecular complexity index is 518. The number of hydrogen-bond acceptors (Lipinski definition) is 0. The Labute approximate surface area is 114 Å². The molecule has 91 valence electrons. The normalized spacial score (nSPS) is 10.6. The second kappa shape index (κ2) is 5.53. The van der Waals surface area contributed by atoms with Crippen molar-refractivity contribution in [1.29, 1.82) is 0 Å². The van der Waals surface area contributed by atoms with E-state index in [1.165, 1.54) is 22.6 Å². The molecule has 0 nitrogen and oxygen atoms in total. The average molecular weight is 243 g/mol. The molecule has 0 aliphatic carbocycles. The fourth-order valence-corrected chi connectivity index (χ4v) is 2.31. The Kier molecular flexibility index (Phi) is 3.42. The molecule has 0 aliphatic heterocycles. The van der Waals surface area contributed by atoms with E-state index in [1.807, 2.05) is 0 Å². The molecular weight excluding hydrogens is 228 g/mol. The highest BCUT2D eigenvalue weighted by molar-refractivity contribution is 5.56. The molecule has 0 atom stereocenters. The molecule has 3 aromatic carbocycles. The monoisotopic (exact) mass is 243 g/mol. The standard InChI is InChI=1S/C19H15/c1-4-10-16(11-5-1)19(17-12-6-2-7-13-17)18-14-8-3-9-15-18/h1-15H. The van der Waals surface area contributed by atoms with Crippen molar-refractivity contribution in [3.63, 3.8) is 0 Å². The zero-order valence-electron chi connectivity index (χ0n) is 10.7. The van der Waals surface area contributed by atoms with Gasteiger partial charge in [0, 0.05) is 0 Å². The van der Waals surface area contributed by atoms with Crippen molar-refractivity contribution < 1.29 is 0 Å². The highest BCUT2D eigenvalue weighted by Crippen LogP contribution is 2.30. The quantitative estimate of drug-likeness (QED) is 0.585. The van der Waals surface area contributed by atoms with Crippen molar-refractivity contribution in [3.8, 4) is 0 Å². The van der Waals surface area contributed by atoms with Crippen LogP contribution in [0.5, 0.6) is 0 Å². The second-order valence-electron chi connectivity index (χ2n) is 4.47. The first-order valence-corrected chi connectivity index (χ1v) is 6.48. The Hall–Kier alpha value is -2.34. The van der Waals surface area contributed by atoms with Crippen LogP contribution in [0.1, 0.15) is 16.7 Å². The van der Waals surface area contributed by atoms with Crippen molar-refractivity contribution in [2.24, 2.45) is 0 Å². The van der Waals surface area contributed by atoms with Crippen LogP contribution in [-0.4, -0.2) is 0 Å². The maximum Gasteiger partial charge on any atom is 0.0629 e. The summed E-state index contributed by atoms with van der Waals surface area (Å²) in [5.41, 5.74) is 3.75. The molecule has 3 rings (SSSR count). The summed E-state index contributed by atoms with van der Waals surface area (Å²) in [5.74, 6) is 1.28. The largest absolute Gasteiger partial charge is 0.0629 e. The van der Waals surface area contributed by atoms with Crippen LogP contribution in [0.25, 0.3) is 0 Å². The highest BCUT2D eigenvalue weighted by Gasteiger charge is 2.16. The molecule has 0 spiro atoms. The van der Waals surface area contributed by atoms with Crippen molar-refractivity contribution in [3.05, 3.63) is 114 Å². The minimum atomic E-state index is 1.25. The van der Waals surface area contributed by atoms with Crippen molar-refractivity contribution in [1.82, 2.24) is 0 Å². The lowest BCUT2D eigenvalue weighted by molar-refractivity contribution is 1.23. The van der Waals surface area contributed by atoms with Gasteiger partial charge in [0.2, 0.25) is 0 Å². The van der Waals surface area contributed by atoms with Gasteiger partial charge >= 0.3 is 0 Å². The second-order valence-corrected chi connectivity index (χ2v) is 4.47. The van der Waals surface area contributed by atoms with Crippen LogP contribution < -0.4 is 0 Å². The van der Waals surface area contributed by atoms with Gasteiger partial charge in [-0.1, -0.05) is 91.0 Å². The number of hydrogen-bond donors (Lipinski definition) is 0. The van der Waals surface area contributed by atoms with E-state index in [2.05, 4.69) is 91.0 Å². The predicted molar refractivity (Wildman–Crippen MR) is 79.9 cm³/mol. The molecule has 19 heavy (non-hydrogen) atoms. The molecule has 0 heteroatoms. The molecule has 0 unspecified atom stereocenters. The van der Waals surface area contributed by atoms with Gasteiger partial charge in [-0.05, 0) is 16.7 Å². The van der Waals surface area contributed by atoms with E-state index >= 15 is 0 Å². The average Bonchev–Trinajstić information content (AvgIpc) is 2.51. The van der Waals surface area contributed by atoms with Crippen molar-refractivity contribution in [2.45, 2.75) is 0 Å². The summed E-state index contributed by atoms with van der Waals surface area (Å²) < 4.78 is 0. The Morgan fingerprint density at radius 3 is 0.895 bits per heavy atom. The van der Waals surface area contributed by atoms with Gasteiger partial charge < -0.3 is 0 Å². The van der Waals surface area contributed by atoms with Crippen LogP contribution in [0.3, 0.4) is 0 Å². The van der Waals surface area contributed by atoms with E-state index in [0.717, 1.165) is 0 Å². The SMILES string of the molecule is c1ccc([C](c2ccccc2)c2ccccc2)cc1. The number of benzene rings is 3. The van der Waals surface area contributed by atoms with E-state index in [1.54, 1.807) is 0 Å². The fraction of sp³-hybridized carbons (Fsp3) is 0. The summed E-state index contributed by atoms with van der Waals surface area (Å²) in [7, 11) is 0. The minimum absolute atomic E-state index is 1.25. The summed E-state index contributed by atoms with van der Waals surface area (Å²) in [6.45, 7) is 0. The molecule has 0 bridgehead atoms. The molecule has 0 aromatic heterocycles. The molecule has 0 fully saturated rings. The smallest absolute Gasteiger partial charge is 0.0622 e. The summed E-state index contributed by atoms with van der Waals surface area (Å²) in [6.07, 6.45) is 0. The zero-order chi connectivity index (χ0) is 12.9. The Morgan fingerprint density at radius 1 is 0.368 bits per heavy atom. The van der Waals surface area contributed by atoms with Gasteiger partial charge in [0.05, 0.1) is 5.92 Å². The van der Waals surface area contributed by atoms with Gasteiger partial charge in [0.15, 0.2) is 0 Å². The van der Waals surface area contributed by atoms with E-state index in [-0.39, 0.29) is 0 Å². The first-order valence-electron chi connectivity index (χ1n) is 6.48. The third-order valence-corrected chi connectivity index (χ3v) is 3.19. The molecule has 0 saturated carbocycles. The summed E-state index contributed by atoms with van der Waals surface area (Å²) in [5, 5.41) is 0. The summed E-state index contributed by atoms with van der Waals surface area (Å²) in [6, 6.07) is 31.6. The first-order chi connectivity index (χ1) is 9.45. The third kappa shape index (κ3) is 2.58. The lowest BCUT2D eigenvalue weighted by Gasteiger charge is -2.17. The minimum Gasteiger partial charge on any atom is -0.0622 e. The maximum atomic E-state index is 2.16. The first kappa shape index (κ1) is 11.7. The summed E-state index contributed by atoms with van der Waals surface area (Å²) >= 11 is 0. The lowest BCUT2D eigenvalue weighted by atomic mass is 9.85. The molecule has 0 saturated heterocycles. The lowest BCUT2D eigenvalue weighted by Crippen LogP contribution is -2.03. The topological polar surface area (TPSA) is 0 Å². The Morgan fingerprint density at radius 2 is 0.632 bits per heavy atom. The van der Waals surface area contributed by atoms with Crippen LogP contribution in [0.2, 0.25) is 0 Å². The van der Waals surface area contributed by atoms with Crippen LogP contribution in [0.4, 0.5) is 0 Å². The van der Waals surface area contributed by atoms with Gasteiger partial charge in [0.25, 0.3) is 0 Å². The molecular formula is C19H15. The van der Waals surface area contributed by atoms with E-state index in [4.69, 9.17) is 0 Å². The van der Waals surface area contributed by atoms with Gasteiger partial charge in [-0.15, -0.1) is 0 Å². The van der Waals surface area contributed by atoms with Crippen LogP contribution in [0, 0.1) is 5.92 Å². The third-order valence-electron chi connectivity index (χ3n) is 3.19. The molecule has 0 aliphatic rings. The molecule has 0 N–H and O–H groups in total. The van der Waals surface area contributed by atoms with Crippen molar-refractivity contribution in [2.75, 3.05) is 0 Å². The number of rotatable bonds is 3. The van der Waals surface area contributed by atoms with Gasteiger partial charge in [-0.3, -0.25) is 0 Å².